The van der Waals surface area contributed by atoms with E-state index in [-0.39, 0.29) is 24.2 Å². The summed E-state index contributed by atoms with van der Waals surface area (Å²) in [6.45, 7) is 2.55. The van der Waals surface area contributed by atoms with Crippen molar-refractivity contribution in [1.29, 1.82) is 0 Å². The molecular formula is C26H24ClN5O4. The highest BCUT2D eigenvalue weighted by atomic mass is 35.5. The monoisotopic (exact) mass is 505 g/mol. The molecule has 6 rings (SSSR count). The molecule has 0 saturated carbocycles. The van der Waals surface area contributed by atoms with Crippen molar-refractivity contribution in [3.63, 3.8) is 0 Å². The molecule has 0 unspecified atom stereocenters. The van der Waals surface area contributed by atoms with Crippen LogP contribution < -0.4 is 5.56 Å². The Balaban J connectivity index is 0.000000848. The average Bonchev–Trinajstić information content (AvgIpc) is 3.23. The van der Waals surface area contributed by atoms with Gasteiger partial charge in [0.15, 0.2) is 0 Å². The highest BCUT2D eigenvalue weighted by Gasteiger charge is 2.26. The predicted molar refractivity (Wildman–Crippen MR) is 137 cm³/mol. The largest absolute Gasteiger partial charge is 0.483 e. The Morgan fingerprint density at radius 3 is 2.83 bits per heavy atom. The summed E-state index contributed by atoms with van der Waals surface area (Å²) in [4.78, 5) is 35.3. The summed E-state index contributed by atoms with van der Waals surface area (Å²) in [5.41, 5.74) is 3.93. The second kappa shape index (κ2) is 10.0. The van der Waals surface area contributed by atoms with Gasteiger partial charge < -0.3 is 14.4 Å². The van der Waals surface area contributed by atoms with Gasteiger partial charge in [-0.05, 0) is 50.1 Å². The van der Waals surface area contributed by atoms with Gasteiger partial charge in [-0.2, -0.15) is 0 Å². The van der Waals surface area contributed by atoms with Crippen LogP contribution in [0.2, 0.25) is 5.02 Å². The number of ether oxygens (including phenoxy) is 1. The zero-order chi connectivity index (χ0) is 25.2. The van der Waals surface area contributed by atoms with Crippen LogP contribution in [0.15, 0.2) is 59.7 Å². The molecule has 184 valence electrons. The third-order valence-electron chi connectivity index (χ3n) is 6.34. The average molecular weight is 506 g/mol. The molecule has 0 aliphatic carbocycles. The smallest absolute Gasteiger partial charge is 0.290 e. The molecular weight excluding hydrogens is 482 g/mol. The first-order valence-electron chi connectivity index (χ1n) is 11.6. The maximum absolute atomic E-state index is 12.7. The van der Waals surface area contributed by atoms with Crippen molar-refractivity contribution in [3.05, 3.63) is 81.8 Å². The van der Waals surface area contributed by atoms with Crippen molar-refractivity contribution in [3.8, 4) is 0 Å². The summed E-state index contributed by atoms with van der Waals surface area (Å²) >= 11 is 6.37. The number of hydrogen-bond acceptors (Lipinski definition) is 6. The van der Waals surface area contributed by atoms with Crippen LogP contribution in [0.3, 0.4) is 0 Å². The Hall–Kier alpha value is -3.82. The molecule has 4 aromatic heterocycles. The minimum absolute atomic E-state index is 0.100. The summed E-state index contributed by atoms with van der Waals surface area (Å²) in [5.74, 6) is 0.866. The number of halogens is 1. The summed E-state index contributed by atoms with van der Waals surface area (Å²) in [5, 5.41) is 8.53. The number of fused-ring (bicyclic) bond motifs is 4. The van der Waals surface area contributed by atoms with Crippen LogP contribution in [0.1, 0.15) is 37.3 Å². The number of imidazole rings is 1. The summed E-state index contributed by atoms with van der Waals surface area (Å²) in [6.07, 6.45) is 5.93. The topological polar surface area (TPSA) is 112 Å². The highest BCUT2D eigenvalue weighted by molar-refractivity contribution is 6.31. The van der Waals surface area contributed by atoms with Gasteiger partial charge in [0.2, 0.25) is 0 Å². The number of carbonyl (C=O) groups is 1. The van der Waals surface area contributed by atoms with Gasteiger partial charge in [-0.1, -0.05) is 17.7 Å². The van der Waals surface area contributed by atoms with Crippen LogP contribution in [0.5, 0.6) is 0 Å². The molecule has 1 N–H and O–H groups in total. The lowest BCUT2D eigenvalue weighted by Crippen LogP contribution is -2.27. The second-order valence-electron chi connectivity index (χ2n) is 8.71. The van der Waals surface area contributed by atoms with E-state index in [4.69, 9.17) is 36.2 Å². The fraction of sp³-hybridized carbons (Fsp3) is 0.269. The first-order valence-corrected chi connectivity index (χ1v) is 12.0. The molecule has 5 aromatic rings. The van der Waals surface area contributed by atoms with E-state index in [1.54, 1.807) is 16.7 Å². The summed E-state index contributed by atoms with van der Waals surface area (Å²) in [6, 6.07) is 13.1. The number of carboxylic acid groups (broad SMARTS) is 1. The van der Waals surface area contributed by atoms with Crippen molar-refractivity contribution in [1.82, 2.24) is 23.9 Å². The standard InChI is InChI=1S/C25H22ClN5O2.CH2O2/c1-15-10-18(7-9-33-15)31-23(12-17-13-24(32)30-8-3-2-4-22(30)28-17)29-21-14-27-20-6-5-16(26)11-19(20)25(21)31;2-1-3/h2-6,8,11,13-15,18H,7,9-10,12H2,1H3;1H,(H,2,3)/t15-,18-;/m1./s1. The summed E-state index contributed by atoms with van der Waals surface area (Å²) in [7, 11) is 0. The molecule has 1 aliphatic heterocycles. The van der Waals surface area contributed by atoms with Gasteiger partial charge in [0.05, 0.1) is 29.0 Å². The van der Waals surface area contributed by atoms with Crippen molar-refractivity contribution in [2.75, 3.05) is 6.61 Å². The lowest BCUT2D eigenvalue weighted by molar-refractivity contribution is -0.122. The Labute approximate surface area is 211 Å². The molecule has 0 bridgehead atoms. The third kappa shape index (κ3) is 4.55. The van der Waals surface area contributed by atoms with Crippen LogP contribution in [0.25, 0.3) is 27.6 Å². The van der Waals surface area contributed by atoms with Gasteiger partial charge in [-0.25, -0.2) is 9.97 Å². The lowest BCUT2D eigenvalue weighted by atomic mass is 10.0. The SMILES string of the molecule is C[C@@H]1C[C@H](n2c(Cc3cc(=O)n4ccccc4n3)nc3cnc4ccc(Cl)cc4c32)CCO1.O=CO. The van der Waals surface area contributed by atoms with Crippen molar-refractivity contribution in [2.45, 2.75) is 38.3 Å². The molecule has 1 aliphatic rings. The van der Waals surface area contributed by atoms with Crippen LogP contribution in [0, 0.1) is 0 Å². The van der Waals surface area contributed by atoms with Crippen LogP contribution in [0.4, 0.5) is 0 Å². The van der Waals surface area contributed by atoms with Gasteiger partial charge in [0, 0.05) is 41.7 Å². The van der Waals surface area contributed by atoms with E-state index >= 15 is 0 Å². The molecule has 1 fully saturated rings. The van der Waals surface area contributed by atoms with E-state index in [0.717, 1.165) is 40.6 Å². The van der Waals surface area contributed by atoms with Gasteiger partial charge in [0.1, 0.15) is 17.0 Å². The maximum Gasteiger partial charge on any atom is 0.290 e. The first-order chi connectivity index (χ1) is 17.5. The van der Waals surface area contributed by atoms with E-state index in [2.05, 4.69) is 16.5 Å². The van der Waals surface area contributed by atoms with E-state index in [1.165, 1.54) is 0 Å². The van der Waals surface area contributed by atoms with Gasteiger partial charge in [-0.15, -0.1) is 0 Å². The minimum Gasteiger partial charge on any atom is -0.483 e. The molecule has 0 spiro atoms. The number of nitrogens with zero attached hydrogens (tertiary/aromatic N) is 5. The number of aromatic nitrogens is 5. The van der Waals surface area contributed by atoms with Crippen molar-refractivity contribution >= 4 is 45.7 Å². The molecule has 36 heavy (non-hydrogen) atoms. The van der Waals surface area contributed by atoms with Crippen molar-refractivity contribution in [2.24, 2.45) is 0 Å². The number of benzene rings is 1. The molecule has 0 radical (unpaired) electrons. The fourth-order valence-electron chi connectivity index (χ4n) is 4.88. The van der Waals surface area contributed by atoms with Crippen LogP contribution in [-0.2, 0) is 16.0 Å². The Bertz CT molecular complexity index is 1630. The summed E-state index contributed by atoms with van der Waals surface area (Å²) < 4.78 is 9.68. The maximum atomic E-state index is 12.7. The zero-order valence-electron chi connectivity index (χ0n) is 19.5. The van der Waals surface area contributed by atoms with Crippen molar-refractivity contribution < 1.29 is 14.6 Å². The number of hydrogen-bond donors (Lipinski definition) is 1. The van der Waals surface area contributed by atoms with E-state index in [1.807, 2.05) is 42.6 Å². The first kappa shape index (κ1) is 23.9. The molecule has 2 atom stereocenters. The normalized spacial score (nSPS) is 17.7. The third-order valence-corrected chi connectivity index (χ3v) is 6.57. The molecule has 1 saturated heterocycles. The number of rotatable bonds is 3. The van der Waals surface area contributed by atoms with Gasteiger partial charge >= 0.3 is 0 Å². The number of pyridine rings is 2. The molecule has 5 heterocycles. The van der Waals surface area contributed by atoms with E-state index in [0.29, 0.717) is 29.4 Å². The van der Waals surface area contributed by atoms with Gasteiger partial charge in [0.25, 0.3) is 12.0 Å². The van der Waals surface area contributed by atoms with E-state index in [9.17, 15) is 4.79 Å². The Morgan fingerprint density at radius 2 is 2.03 bits per heavy atom. The zero-order valence-corrected chi connectivity index (χ0v) is 20.3. The minimum atomic E-state index is -0.250. The Kier molecular flexibility index (Phi) is 6.67. The van der Waals surface area contributed by atoms with Crippen LogP contribution >= 0.6 is 11.6 Å². The quantitative estimate of drug-likeness (QED) is 0.364. The van der Waals surface area contributed by atoms with E-state index < -0.39 is 0 Å². The molecule has 1 aromatic carbocycles. The fourth-order valence-corrected chi connectivity index (χ4v) is 5.05. The highest BCUT2D eigenvalue weighted by Crippen LogP contribution is 2.34. The lowest BCUT2D eigenvalue weighted by Gasteiger charge is -2.30. The van der Waals surface area contributed by atoms with Crippen LogP contribution in [-0.4, -0.2) is 48.2 Å². The molecule has 10 heteroatoms. The molecule has 9 nitrogen and oxygen atoms in total. The molecule has 0 amide bonds. The Morgan fingerprint density at radius 1 is 1.19 bits per heavy atom. The van der Waals surface area contributed by atoms with Gasteiger partial charge in [-0.3, -0.25) is 19.0 Å². The second-order valence-corrected chi connectivity index (χ2v) is 9.14. The predicted octanol–water partition coefficient (Wildman–Crippen LogP) is 4.28.